The number of aliphatic hydroxyl groups is 1. The van der Waals surface area contributed by atoms with Gasteiger partial charge in [-0.3, -0.25) is 4.55 Å². The van der Waals surface area contributed by atoms with Crippen molar-refractivity contribution in [2.75, 3.05) is 12.4 Å². The molecule has 6 heteroatoms. The van der Waals surface area contributed by atoms with Crippen LogP contribution in [0.4, 0.5) is 0 Å². The normalized spacial score (nSPS) is 14.8. The topological polar surface area (TPSA) is 83.8 Å². The van der Waals surface area contributed by atoms with E-state index in [9.17, 15) is 13.5 Å². The average molecular weight is 322 g/mol. The van der Waals surface area contributed by atoms with Gasteiger partial charge in [0.25, 0.3) is 10.1 Å². The van der Waals surface area contributed by atoms with E-state index >= 15 is 0 Å². The Bertz CT molecular complexity index is 353. The highest BCUT2D eigenvalue weighted by atomic mass is 32.2. The second-order valence-corrected chi connectivity index (χ2v) is 6.88. The minimum Gasteiger partial charge on any atom is -0.389 e. The quantitative estimate of drug-likeness (QED) is 0.292. The molecule has 126 valence electrons. The van der Waals surface area contributed by atoms with Crippen LogP contribution < -0.4 is 0 Å². The van der Waals surface area contributed by atoms with Gasteiger partial charge in [0.1, 0.15) is 5.75 Å². The smallest absolute Gasteiger partial charge is 0.267 e. The Morgan fingerprint density at radius 3 is 2.24 bits per heavy atom. The number of ether oxygens (including phenoxy) is 1. The average Bonchev–Trinajstić information content (AvgIpc) is 2.39. The molecule has 0 aromatic carbocycles. The van der Waals surface area contributed by atoms with E-state index in [-0.39, 0.29) is 6.61 Å². The van der Waals surface area contributed by atoms with Gasteiger partial charge in [-0.1, -0.05) is 57.9 Å². The highest BCUT2D eigenvalue weighted by Crippen LogP contribution is 2.14. The van der Waals surface area contributed by atoms with Crippen molar-refractivity contribution >= 4 is 10.1 Å². The lowest BCUT2D eigenvalue weighted by atomic mass is 10.0. The number of rotatable bonds is 14. The van der Waals surface area contributed by atoms with Crippen LogP contribution in [0.5, 0.6) is 0 Å². The van der Waals surface area contributed by atoms with Gasteiger partial charge in [0.15, 0.2) is 0 Å². The minimum atomic E-state index is -4.19. The van der Waals surface area contributed by atoms with Crippen LogP contribution in [0.1, 0.15) is 58.3 Å². The summed E-state index contributed by atoms with van der Waals surface area (Å²) in [4.78, 5) is 0. The predicted octanol–water partition coefficient (Wildman–Crippen LogP) is 2.95. The van der Waals surface area contributed by atoms with Gasteiger partial charge in [0.05, 0.1) is 18.8 Å². The van der Waals surface area contributed by atoms with E-state index < -0.39 is 28.1 Å². The molecule has 0 bridgehead atoms. The first-order valence-corrected chi connectivity index (χ1v) is 9.37. The first-order valence-electron chi connectivity index (χ1n) is 7.76. The lowest BCUT2D eigenvalue weighted by Crippen LogP contribution is -2.35. The van der Waals surface area contributed by atoms with E-state index in [1.54, 1.807) is 6.08 Å². The SMILES string of the molecule is C=CCOC(CCCCCCCCC)C(O)CS(=O)(=O)O. The molecular weight excluding hydrogens is 292 g/mol. The van der Waals surface area contributed by atoms with E-state index in [0.717, 1.165) is 19.3 Å². The summed E-state index contributed by atoms with van der Waals surface area (Å²) in [6, 6.07) is 0. The monoisotopic (exact) mass is 322 g/mol. The minimum absolute atomic E-state index is 0.254. The molecule has 0 fully saturated rings. The summed E-state index contributed by atoms with van der Waals surface area (Å²) in [7, 11) is -4.19. The zero-order chi connectivity index (χ0) is 16.1. The van der Waals surface area contributed by atoms with Crippen molar-refractivity contribution in [2.45, 2.75) is 70.5 Å². The van der Waals surface area contributed by atoms with Gasteiger partial charge in [-0.15, -0.1) is 6.58 Å². The van der Waals surface area contributed by atoms with E-state index in [2.05, 4.69) is 13.5 Å². The van der Waals surface area contributed by atoms with Crippen LogP contribution in [0, 0.1) is 0 Å². The fraction of sp³-hybridized carbons (Fsp3) is 0.867. The zero-order valence-corrected chi connectivity index (χ0v) is 13.9. The predicted molar refractivity (Wildman–Crippen MR) is 85.0 cm³/mol. The fourth-order valence-electron chi connectivity index (χ4n) is 2.20. The highest BCUT2D eigenvalue weighted by molar-refractivity contribution is 7.85. The molecule has 5 nitrogen and oxygen atoms in total. The van der Waals surface area contributed by atoms with Crippen molar-refractivity contribution in [1.82, 2.24) is 0 Å². The molecule has 21 heavy (non-hydrogen) atoms. The first kappa shape index (κ1) is 20.6. The van der Waals surface area contributed by atoms with E-state index in [1.807, 2.05) is 0 Å². The maximum atomic E-state index is 10.8. The van der Waals surface area contributed by atoms with Crippen LogP contribution in [-0.2, 0) is 14.9 Å². The Balaban J connectivity index is 4.03. The molecule has 0 amide bonds. The molecule has 2 unspecified atom stereocenters. The number of hydrogen-bond acceptors (Lipinski definition) is 4. The van der Waals surface area contributed by atoms with Crippen molar-refractivity contribution in [1.29, 1.82) is 0 Å². The molecule has 0 aliphatic heterocycles. The lowest BCUT2D eigenvalue weighted by Gasteiger charge is -2.22. The third-order valence-corrected chi connectivity index (χ3v) is 4.09. The third-order valence-electron chi connectivity index (χ3n) is 3.33. The maximum Gasteiger partial charge on any atom is 0.267 e. The molecule has 0 saturated heterocycles. The zero-order valence-electron chi connectivity index (χ0n) is 13.0. The van der Waals surface area contributed by atoms with Crippen LogP contribution in [0.2, 0.25) is 0 Å². The van der Waals surface area contributed by atoms with Gasteiger partial charge in [-0.2, -0.15) is 8.42 Å². The standard InChI is InChI=1S/C15H30O5S/c1-3-5-6-7-8-9-10-11-15(20-12-4-2)14(16)13-21(17,18)19/h4,14-16H,2-3,5-13H2,1H3,(H,17,18,19). The molecule has 0 saturated carbocycles. The van der Waals surface area contributed by atoms with Gasteiger partial charge in [-0.05, 0) is 6.42 Å². The molecule has 0 radical (unpaired) electrons. The molecule has 0 aromatic rings. The van der Waals surface area contributed by atoms with Crippen LogP contribution in [0.3, 0.4) is 0 Å². The van der Waals surface area contributed by atoms with Crippen molar-refractivity contribution in [3.8, 4) is 0 Å². The van der Waals surface area contributed by atoms with Gasteiger partial charge in [0.2, 0.25) is 0 Å². The van der Waals surface area contributed by atoms with Gasteiger partial charge in [-0.25, -0.2) is 0 Å². The van der Waals surface area contributed by atoms with Crippen molar-refractivity contribution in [3.05, 3.63) is 12.7 Å². The van der Waals surface area contributed by atoms with Crippen LogP contribution >= 0.6 is 0 Å². The summed E-state index contributed by atoms with van der Waals surface area (Å²) < 4.78 is 35.8. The summed E-state index contributed by atoms with van der Waals surface area (Å²) in [5, 5.41) is 9.85. The van der Waals surface area contributed by atoms with Crippen LogP contribution in [-0.4, -0.2) is 42.6 Å². The lowest BCUT2D eigenvalue weighted by molar-refractivity contribution is -0.0222. The Hall–Kier alpha value is -0.430. The maximum absolute atomic E-state index is 10.8. The molecule has 0 spiro atoms. The molecule has 0 rings (SSSR count). The third kappa shape index (κ3) is 13.0. The summed E-state index contributed by atoms with van der Waals surface area (Å²) in [5.74, 6) is -0.689. The molecule has 0 aromatic heterocycles. The van der Waals surface area contributed by atoms with E-state index in [0.29, 0.717) is 6.42 Å². The van der Waals surface area contributed by atoms with E-state index in [1.165, 1.54) is 25.7 Å². The largest absolute Gasteiger partial charge is 0.389 e. The second kappa shape index (κ2) is 12.1. The van der Waals surface area contributed by atoms with Gasteiger partial charge < -0.3 is 9.84 Å². The summed E-state index contributed by atoms with van der Waals surface area (Å²) in [5.41, 5.74) is 0. The highest BCUT2D eigenvalue weighted by Gasteiger charge is 2.24. The fourth-order valence-corrected chi connectivity index (χ4v) is 2.85. The van der Waals surface area contributed by atoms with Crippen molar-refractivity contribution in [2.24, 2.45) is 0 Å². The van der Waals surface area contributed by atoms with Crippen molar-refractivity contribution in [3.63, 3.8) is 0 Å². The van der Waals surface area contributed by atoms with Crippen LogP contribution in [0.25, 0.3) is 0 Å². The summed E-state index contributed by atoms with van der Waals surface area (Å²) in [6.07, 6.45) is 8.33. The van der Waals surface area contributed by atoms with Gasteiger partial charge in [0, 0.05) is 0 Å². The molecular formula is C15H30O5S. The molecule has 0 aliphatic carbocycles. The molecule has 2 atom stereocenters. The van der Waals surface area contributed by atoms with Crippen LogP contribution in [0.15, 0.2) is 12.7 Å². The Kier molecular flexibility index (Phi) is 11.9. The van der Waals surface area contributed by atoms with Gasteiger partial charge >= 0.3 is 0 Å². The first-order chi connectivity index (χ1) is 9.90. The number of unbranched alkanes of at least 4 members (excludes halogenated alkanes) is 6. The number of aliphatic hydroxyl groups excluding tert-OH is 1. The Labute approximate surface area is 129 Å². The molecule has 0 aliphatic rings. The van der Waals surface area contributed by atoms with Crippen molar-refractivity contribution < 1.29 is 22.8 Å². The second-order valence-electron chi connectivity index (χ2n) is 5.39. The summed E-state index contributed by atoms with van der Waals surface area (Å²) >= 11 is 0. The van der Waals surface area contributed by atoms with E-state index in [4.69, 9.17) is 9.29 Å². The Morgan fingerprint density at radius 1 is 1.14 bits per heavy atom. The molecule has 0 heterocycles. The molecule has 2 N–H and O–H groups in total. The summed E-state index contributed by atoms with van der Waals surface area (Å²) in [6.45, 7) is 5.96. The Morgan fingerprint density at radius 2 is 1.71 bits per heavy atom. The number of hydrogen-bond donors (Lipinski definition) is 2.